The molecule has 0 radical (unpaired) electrons. The molecule has 5 rings (SSSR count). The maximum atomic E-state index is 14.1. The van der Waals surface area contributed by atoms with E-state index in [1.165, 1.54) is 11.0 Å². The number of phenols is 1. The van der Waals surface area contributed by atoms with Gasteiger partial charge in [0.2, 0.25) is 5.78 Å². The van der Waals surface area contributed by atoms with Gasteiger partial charge >= 0.3 is 0 Å². The molecule has 3 aliphatic carbocycles. The number of ether oxygens (including phenoxy) is 1. The highest BCUT2D eigenvalue weighted by molar-refractivity contribution is 6.25. The van der Waals surface area contributed by atoms with Crippen LogP contribution in [0.1, 0.15) is 41.8 Å². The van der Waals surface area contributed by atoms with Crippen LogP contribution in [0.15, 0.2) is 53.0 Å². The number of primary amides is 1. The van der Waals surface area contributed by atoms with Gasteiger partial charge in [-0.2, -0.15) is 0 Å². The molecule has 0 saturated carbocycles. The van der Waals surface area contributed by atoms with Crippen molar-refractivity contribution in [3.05, 3.63) is 69.7 Å². The van der Waals surface area contributed by atoms with Crippen molar-refractivity contribution < 1.29 is 39.5 Å². The Kier molecular flexibility index (Phi) is 7.62. The van der Waals surface area contributed by atoms with Gasteiger partial charge in [-0.1, -0.05) is 26.0 Å². The number of nitrogens with one attached hydrogen (secondary N) is 1. The van der Waals surface area contributed by atoms with Gasteiger partial charge < -0.3 is 36.2 Å². The van der Waals surface area contributed by atoms with Crippen LogP contribution in [0.3, 0.4) is 0 Å². The maximum absolute atomic E-state index is 14.1. The van der Waals surface area contributed by atoms with Crippen LogP contribution in [0.2, 0.25) is 0 Å². The van der Waals surface area contributed by atoms with Gasteiger partial charge in [0.1, 0.15) is 28.6 Å². The smallest absolute Gasteiger partial charge is 0.255 e. The summed E-state index contributed by atoms with van der Waals surface area (Å²) in [4.78, 5) is 41.3. The number of aliphatic hydroxyl groups excluding tert-OH is 2. The number of nitrogens with zero attached hydrogens (tertiary/aromatic N) is 1. The molecule has 43 heavy (non-hydrogen) atoms. The fourth-order valence-electron chi connectivity index (χ4n) is 6.90. The fourth-order valence-corrected chi connectivity index (χ4v) is 6.90. The van der Waals surface area contributed by atoms with Gasteiger partial charge in [0, 0.05) is 29.6 Å². The highest BCUT2D eigenvalue weighted by Gasteiger charge is 2.63. The quantitative estimate of drug-likeness (QED) is 0.261. The summed E-state index contributed by atoms with van der Waals surface area (Å²) in [6.07, 6.45) is 0.187. The van der Waals surface area contributed by atoms with Crippen molar-refractivity contribution in [1.82, 2.24) is 10.2 Å². The molecule has 4 unspecified atom stereocenters. The number of benzene rings is 2. The molecule has 0 bridgehead atoms. The lowest BCUT2D eigenvalue weighted by Gasteiger charge is -2.50. The molecule has 11 heteroatoms. The Labute approximate surface area is 249 Å². The van der Waals surface area contributed by atoms with Gasteiger partial charge in [-0.05, 0) is 67.7 Å². The van der Waals surface area contributed by atoms with Crippen LogP contribution in [0.25, 0.3) is 11.1 Å². The van der Waals surface area contributed by atoms with Crippen LogP contribution in [0, 0.1) is 11.8 Å². The summed E-state index contributed by atoms with van der Waals surface area (Å²) in [5.41, 5.74) is 4.52. The van der Waals surface area contributed by atoms with E-state index in [0.29, 0.717) is 29.0 Å². The third kappa shape index (κ3) is 4.59. The number of carbonyl (C=O) groups is 3. The molecule has 0 fully saturated rings. The number of aliphatic hydroxyl groups is 3. The van der Waals surface area contributed by atoms with Crippen molar-refractivity contribution >= 4 is 17.5 Å². The number of rotatable bonds is 7. The summed E-state index contributed by atoms with van der Waals surface area (Å²) in [7, 11) is 4.74. The molecule has 2 aromatic rings. The second-order valence-corrected chi connectivity index (χ2v) is 12.0. The molecular weight excluding hydrogens is 554 g/mol. The second-order valence-electron chi connectivity index (χ2n) is 12.0. The largest absolute Gasteiger partial charge is 0.510 e. The highest BCUT2D eigenvalue weighted by Crippen LogP contribution is 2.53. The Morgan fingerprint density at radius 1 is 1.14 bits per heavy atom. The van der Waals surface area contributed by atoms with Crippen molar-refractivity contribution in [2.45, 2.75) is 50.9 Å². The third-order valence-corrected chi connectivity index (χ3v) is 8.87. The first-order valence-corrected chi connectivity index (χ1v) is 14.1. The summed E-state index contributed by atoms with van der Waals surface area (Å²) in [5.74, 6) is -6.29. The normalized spacial score (nSPS) is 25.2. The van der Waals surface area contributed by atoms with Gasteiger partial charge in [0.15, 0.2) is 11.4 Å². The van der Waals surface area contributed by atoms with Crippen molar-refractivity contribution in [3.8, 4) is 22.6 Å². The number of fused-ring (bicyclic) bond motifs is 3. The van der Waals surface area contributed by atoms with Crippen molar-refractivity contribution in [3.63, 3.8) is 0 Å². The molecular formula is C32H37N3O8. The van der Waals surface area contributed by atoms with Gasteiger partial charge in [-0.3, -0.25) is 19.3 Å². The lowest BCUT2D eigenvalue weighted by atomic mass is 9.58. The van der Waals surface area contributed by atoms with Crippen molar-refractivity contribution in [2.24, 2.45) is 17.6 Å². The average molecular weight is 592 g/mol. The molecule has 0 aliphatic heterocycles. The van der Waals surface area contributed by atoms with Gasteiger partial charge in [-0.15, -0.1) is 0 Å². The summed E-state index contributed by atoms with van der Waals surface area (Å²) in [6.45, 7) is 4.69. The average Bonchev–Trinajstić information content (AvgIpc) is 2.93. The van der Waals surface area contributed by atoms with Crippen LogP contribution in [0.5, 0.6) is 11.5 Å². The highest BCUT2D eigenvalue weighted by atomic mass is 16.5. The predicted octanol–water partition coefficient (Wildman–Crippen LogP) is 2.29. The minimum Gasteiger partial charge on any atom is -0.510 e. The minimum atomic E-state index is -2.68. The Bertz CT molecular complexity index is 1610. The van der Waals surface area contributed by atoms with Crippen LogP contribution < -0.4 is 15.8 Å². The maximum Gasteiger partial charge on any atom is 0.255 e. The molecule has 7 N–H and O–H groups in total. The molecule has 0 aromatic heterocycles. The van der Waals surface area contributed by atoms with E-state index in [9.17, 15) is 34.8 Å². The number of allylic oxidation sites excluding steroid dienone is 1. The van der Waals surface area contributed by atoms with Crippen molar-refractivity contribution in [1.29, 1.82) is 0 Å². The number of amides is 1. The van der Waals surface area contributed by atoms with Crippen molar-refractivity contribution in [2.75, 3.05) is 21.2 Å². The number of Topliss-reactive ketones (excluding diaryl/α,β-unsaturated/α-hetero) is 2. The SMILES string of the molecule is COc1ccc(CNC(C)C)cc1-c1ccc(O)c2c1CC1CC3C(N(C)C)C(O)=C(C(N)=O)C(=O)C3(O)C(O)=C1C2=O. The van der Waals surface area contributed by atoms with E-state index in [0.717, 1.165) is 5.56 Å². The number of ketones is 2. The molecule has 1 amide bonds. The van der Waals surface area contributed by atoms with E-state index in [-0.39, 0.29) is 35.8 Å². The molecule has 11 nitrogen and oxygen atoms in total. The number of phenolic OH excluding ortho intramolecular Hbond substituents is 1. The Morgan fingerprint density at radius 3 is 2.44 bits per heavy atom. The predicted molar refractivity (Wildman–Crippen MR) is 158 cm³/mol. The first-order valence-electron chi connectivity index (χ1n) is 14.1. The fraction of sp³-hybridized carbons (Fsp3) is 0.406. The summed E-state index contributed by atoms with van der Waals surface area (Å²) in [6, 6.07) is 8.06. The number of hydrogen-bond acceptors (Lipinski definition) is 10. The van der Waals surface area contributed by atoms with Gasteiger partial charge in [0.05, 0.1) is 18.7 Å². The van der Waals surface area contributed by atoms with E-state index in [1.54, 1.807) is 27.3 Å². The second kappa shape index (κ2) is 10.8. The summed E-state index contributed by atoms with van der Waals surface area (Å²) in [5, 5.41) is 48.6. The van der Waals surface area contributed by atoms with Crippen LogP contribution >= 0.6 is 0 Å². The topological polar surface area (TPSA) is 183 Å². The molecule has 0 saturated heterocycles. The number of nitrogens with two attached hydrogens (primary N) is 1. The molecule has 228 valence electrons. The molecule has 3 aliphatic rings. The van der Waals surface area contributed by atoms with Gasteiger partial charge in [-0.25, -0.2) is 0 Å². The molecule has 0 spiro atoms. The lowest BCUT2D eigenvalue weighted by Crippen LogP contribution is -2.63. The van der Waals surface area contributed by atoms with E-state index in [1.807, 2.05) is 32.0 Å². The number of methoxy groups -OCH3 is 1. The Morgan fingerprint density at radius 2 is 1.84 bits per heavy atom. The summed E-state index contributed by atoms with van der Waals surface area (Å²) < 4.78 is 5.67. The zero-order valence-electron chi connectivity index (χ0n) is 24.8. The van der Waals surface area contributed by atoms with E-state index < -0.39 is 58.0 Å². The number of likely N-dealkylation sites (N-methyl/N-ethyl adjacent to an activating group) is 1. The third-order valence-electron chi connectivity index (χ3n) is 8.87. The minimum absolute atomic E-state index is 0.0103. The number of carbonyl (C=O) groups excluding carboxylic acids is 3. The number of hydrogen-bond donors (Lipinski definition) is 6. The molecule has 2 aromatic carbocycles. The van der Waals surface area contributed by atoms with E-state index in [2.05, 4.69) is 5.32 Å². The summed E-state index contributed by atoms with van der Waals surface area (Å²) >= 11 is 0. The molecule has 4 atom stereocenters. The standard InChI is InChI=1S/C32H37N3O8/c1-14(2)34-13-15-6-9-22(43-5)18(10-15)17-7-8-21(36)24-19(17)11-16-12-20-26(35(3)4)28(38)25(31(33)41)30(40)32(20,42)29(39)23(16)27(24)37/h6-10,14,16,20,26,34,36,38-39,42H,11-13H2,1-5H3,(H2,33,41). The van der Waals surface area contributed by atoms with E-state index >= 15 is 0 Å². The lowest BCUT2D eigenvalue weighted by molar-refractivity contribution is -0.148. The Balaban J connectivity index is 1.69. The van der Waals surface area contributed by atoms with Crippen LogP contribution in [-0.2, 0) is 22.6 Å². The monoisotopic (exact) mass is 591 g/mol. The van der Waals surface area contributed by atoms with E-state index in [4.69, 9.17) is 10.5 Å². The van der Waals surface area contributed by atoms with Crippen LogP contribution in [0.4, 0.5) is 0 Å². The zero-order valence-corrected chi connectivity index (χ0v) is 24.8. The van der Waals surface area contributed by atoms with Crippen LogP contribution in [-0.4, -0.2) is 81.7 Å². The Hall–Kier alpha value is -4.19. The van der Waals surface area contributed by atoms with Gasteiger partial charge in [0.25, 0.3) is 5.91 Å². The zero-order chi connectivity index (χ0) is 31.5. The molecule has 0 heterocycles. The first kappa shape index (κ1) is 30.3. The number of aromatic hydroxyl groups is 1. The first-order chi connectivity index (χ1) is 20.2.